The Morgan fingerprint density at radius 1 is 1.09 bits per heavy atom. The van der Waals surface area contributed by atoms with Gasteiger partial charge in [-0.25, -0.2) is 0 Å². The largest absolute Gasteiger partial charge is 0.494 e. The number of nitrogens with zero attached hydrogens (tertiary/aromatic N) is 1. The molecule has 1 saturated carbocycles. The van der Waals surface area contributed by atoms with Crippen molar-refractivity contribution in [2.24, 2.45) is 0 Å². The van der Waals surface area contributed by atoms with Gasteiger partial charge in [-0.1, -0.05) is 73.7 Å². The van der Waals surface area contributed by atoms with Crippen LogP contribution in [0.15, 0.2) is 48.5 Å². The van der Waals surface area contributed by atoms with Gasteiger partial charge in [0.2, 0.25) is 11.8 Å². The molecule has 0 aromatic heterocycles. The fraction of sp³-hybridized carbons (Fsp3) is 0.481. The van der Waals surface area contributed by atoms with Gasteiger partial charge >= 0.3 is 0 Å². The fourth-order valence-corrected chi connectivity index (χ4v) is 4.84. The van der Waals surface area contributed by atoms with Crippen LogP contribution < -0.4 is 10.1 Å². The Bertz CT molecular complexity index is 933. The van der Waals surface area contributed by atoms with Gasteiger partial charge < -0.3 is 15.0 Å². The molecule has 0 radical (unpaired) electrons. The molecule has 0 spiro atoms. The number of hydrogen-bond acceptors (Lipinski definition) is 3. The first-order chi connectivity index (χ1) is 16.5. The Morgan fingerprint density at radius 3 is 2.50 bits per heavy atom. The standard InChI is InChI=1S/C27H34Cl2N2O3/c1-2-25(27(33)30-22-10-5-3-6-11-22)31(19-20-15-16-21(28)18-24(20)29)26(32)14-9-17-34-23-12-7-4-8-13-23/h4,7-8,12-13,15-16,18,22,25H,2-3,5-6,9-11,14,17,19H2,1H3,(H,30,33)/t25-/m0/s1. The number of ether oxygens (including phenoxy) is 1. The van der Waals surface area contributed by atoms with Gasteiger partial charge in [0.1, 0.15) is 11.8 Å². The summed E-state index contributed by atoms with van der Waals surface area (Å²) < 4.78 is 5.74. The minimum atomic E-state index is -0.559. The summed E-state index contributed by atoms with van der Waals surface area (Å²) in [6, 6.07) is 14.4. The minimum Gasteiger partial charge on any atom is -0.494 e. The van der Waals surface area contributed by atoms with E-state index in [1.807, 2.05) is 43.3 Å². The second-order valence-electron chi connectivity index (χ2n) is 8.79. The van der Waals surface area contributed by atoms with Gasteiger partial charge in [-0.2, -0.15) is 0 Å². The van der Waals surface area contributed by atoms with Crippen molar-refractivity contribution >= 4 is 35.0 Å². The lowest BCUT2D eigenvalue weighted by Crippen LogP contribution is -2.51. The molecule has 0 heterocycles. The highest BCUT2D eigenvalue weighted by Gasteiger charge is 2.30. The first-order valence-corrected chi connectivity index (χ1v) is 12.9. The maximum absolute atomic E-state index is 13.4. The Balaban J connectivity index is 1.68. The first-order valence-electron chi connectivity index (χ1n) is 12.2. The molecule has 7 heteroatoms. The molecular weight excluding hydrogens is 471 g/mol. The van der Waals surface area contributed by atoms with Gasteiger partial charge in [-0.05, 0) is 55.5 Å². The van der Waals surface area contributed by atoms with Crippen molar-refractivity contribution in [3.63, 3.8) is 0 Å². The number of halogens is 2. The molecule has 5 nitrogen and oxygen atoms in total. The van der Waals surface area contributed by atoms with Crippen molar-refractivity contribution in [3.8, 4) is 5.75 Å². The molecule has 184 valence electrons. The summed E-state index contributed by atoms with van der Waals surface area (Å²) in [6.07, 6.45) is 6.83. The van der Waals surface area contributed by atoms with Crippen LogP contribution >= 0.6 is 23.2 Å². The Labute approximate surface area is 212 Å². The number of carbonyl (C=O) groups excluding carboxylic acids is 2. The molecule has 0 unspecified atom stereocenters. The van der Waals surface area contributed by atoms with E-state index in [1.165, 1.54) is 6.42 Å². The molecule has 1 aliphatic carbocycles. The predicted molar refractivity (Wildman–Crippen MR) is 137 cm³/mol. The maximum atomic E-state index is 13.4. The second kappa shape index (κ2) is 13.6. The van der Waals surface area contributed by atoms with Crippen LogP contribution in [0.4, 0.5) is 0 Å². The first kappa shape index (κ1) is 26.4. The zero-order valence-corrected chi connectivity index (χ0v) is 21.3. The van der Waals surface area contributed by atoms with Crippen LogP contribution in [0.2, 0.25) is 10.0 Å². The molecule has 2 aromatic rings. The molecule has 3 rings (SSSR count). The molecule has 2 amide bonds. The fourth-order valence-electron chi connectivity index (χ4n) is 4.37. The van der Waals surface area contributed by atoms with E-state index in [1.54, 1.807) is 17.0 Å². The highest BCUT2D eigenvalue weighted by atomic mass is 35.5. The van der Waals surface area contributed by atoms with Crippen molar-refractivity contribution in [1.29, 1.82) is 0 Å². The van der Waals surface area contributed by atoms with Gasteiger partial charge in [-0.15, -0.1) is 0 Å². The smallest absolute Gasteiger partial charge is 0.243 e. The third kappa shape index (κ3) is 7.92. The van der Waals surface area contributed by atoms with Crippen LogP contribution in [0.3, 0.4) is 0 Å². The lowest BCUT2D eigenvalue weighted by Gasteiger charge is -2.33. The Morgan fingerprint density at radius 2 is 1.82 bits per heavy atom. The molecule has 1 atom stereocenters. The molecular formula is C27H34Cl2N2O3. The van der Waals surface area contributed by atoms with Gasteiger partial charge in [0.05, 0.1) is 6.61 Å². The second-order valence-corrected chi connectivity index (χ2v) is 9.63. The highest BCUT2D eigenvalue weighted by molar-refractivity contribution is 6.35. The van der Waals surface area contributed by atoms with E-state index >= 15 is 0 Å². The molecule has 2 aromatic carbocycles. The van der Waals surface area contributed by atoms with Crippen molar-refractivity contribution in [2.75, 3.05) is 6.61 Å². The number of amides is 2. The lowest BCUT2D eigenvalue weighted by molar-refractivity contribution is -0.142. The normalized spacial score (nSPS) is 14.9. The highest BCUT2D eigenvalue weighted by Crippen LogP contribution is 2.25. The number of hydrogen-bond donors (Lipinski definition) is 1. The zero-order valence-electron chi connectivity index (χ0n) is 19.8. The summed E-state index contributed by atoms with van der Waals surface area (Å²) in [5.74, 6) is 0.597. The summed E-state index contributed by atoms with van der Waals surface area (Å²) in [7, 11) is 0. The summed E-state index contributed by atoms with van der Waals surface area (Å²) >= 11 is 12.5. The molecule has 0 aliphatic heterocycles. The zero-order chi connectivity index (χ0) is 24.3. The number of carbonyl (C=O) groups is 2. The van der Waals surface area contributed by atoms with Crippen LogP contribution in [0.25, 0.3) is 0 Å². The van der Waals surface area contributed by atoms with Gasteiger partial charge in [-0.3, -0.25) is 9.59 Å². The van der Waals surface area contributed by atoms with Crippen LogP contribution in [-0.4, -0.2) is 35.4 Å². The Kier molecular flexibility index (Phi) is 10.5. The number of rotatable bonds is 11. The third-order valence-corrected chi connectivity index (χ3v) is 6.83. The van der Waals surface area contributed by atoms with Crippen LogP contribution in [-0.2, 0) is 16.1 Å². The third-order valence-electron chi connectivity index (χ3n) is 6.24. The van der Waals surface area contributed by atoms with E-state index in [0.717, 1.165) is 37.0 Å². The van der Waals surface area contributed by atoms with Gasteiger partial charge in [0.15, 0.2) is 0 Å². The molecule has 0 bridgehead atoms. The van der Waals surface area contributed by atoms with Gasteiger partial charge in [0.25, 0.3) is 0 Å². The molecule has 1 N–H and O–H groups in total. The predicted octanol–water partition coefficient (Wildman–Crippen LogP) is 6.41. The molecule has 0 saturated heterocycles. The van der Waals surface area contributed by atoms with E-state index in [4.69, 9.17) is 27.9 Å². The SMILES string of the molecule is CC[C@@H](C(=O)NC1CCCCC1)N(Cc1ccc(Cl)cc1Cl)C(=O)CCCOc1ccccc1. The monoisotopic (exact) mass is 504 g/mol. The number of para-hydroxylation sites is 1. The van der Waals surface area contributed by atoms with Crippen molar-refractivity contribution in [1.82, 2.24) is 10.2 Å². The average Bonchev–Trinajstić information content (AvgIpc) is 2.84. The molecule has 1 fully saturated rings. The van der Waals surface area contributed by atoms with E-state index < -0.39 is 6.04 Å². The van der Waals surface area contributed by atoms with E-state index in [-0.39, 0.29) is 30.8 Å². The van der Waals surface area contributed by atoms with Crippen LogP contribution in [0.5, 0.6) is 5.75 Å². The average molecular weight is 505 g/mol. The summed E-state index contributed by atoms with van der Waals surface area (Å²) in [6.45, 7) is 2.62. The van der Waals surface area contributed by atoms with Gasteiger partial charge in [0, 0.05) is 29.1 Å². The summed E-state index contributed by atoms with van der Waals surface area (Å²) in [4.78, 5) is 28.3. The van der Waals surface area contributed by atoms with Crippen molar-refractivity contribution in [2.45, 2.75) is 76.9 Å². The summed E-state index contributed by atoms with van der Waals surface area (Å²) in [5, 5.41) is 4.21. The Hall–Kier alpha value is -2.24. The molecule has 34 heavy (non-hydrogen) atoms. The van der Waals surface area contributed by atoms with Crippen LogP contribution in [0, 0.1) is 0 Å². The van der Waals surface area contributed by atoms with E-state index in [2.05, 4.69) is 5.32 Å². The number of nitrogens with one attached hydrogen (secondary N) is 1. The summed E-state index contributed by atoms with van der Waals surface area (Å²) in [5.41, 5.74) is 0.767. The number of benzene rings is 2. The lowest BCUT2D eigenvalue weighted by atomic mass is 9.95. The van der Waals surface area contributed by atoms with Crippen molar-refractivity contribution < 1.29 is 14.3 Å². The van der Waals surface area contributed by atoms with Crippen LogP contribution in [0.1, 0.15) is 63.9 Å². The topological polar surface area (TPSA) is 58.6 Å². The minimum absolute atomic E-state index is 0.0895. The van der Waals surface area contributed by atoms with E-state index in [0.29, 0.717) is 29.5 Å². The molecule has 1 aliphatic rings. The van der Waals surface area contributed by atoms with Crippen molar-refractivity contribution in [3.05, 3.63) is 64.1 Å². The maximum Gasteiger partial charge on any atom is 0.243 e. The van der Waals surface area contributed by atoms with E-state index in [9.17, 15) is 9.59 Å². The quantitative estimate of drug-likeness (QED) is 0.359.